The van der Waals surface area contributed by atoms with Crippen molar-refractivity contribution in [2.75, 3.05) is 7.11 Å². The van der Waals surface area contributed by atoms with E-state index in [2.05, 4.69) is 4.74 Å². The summed E-state index contributed by atoms with van der Waals surface area (Å²) in [5, 5.41) is 18.6. The van der Waals surface area contributed by atoms with E-state index in [0.29, 0.717) is 5.56 Å². The number of phenolic OH excluding ortho intramolecular Hbond substituents is 2. The van der Waals surface area contributed by atoms with E-state index < -0.39 is 12.0 Å². The van der Waals surface area contributed by atoms with Crippen molar-refractivity contribution in [2.24, 2.45) is 5.73 Å². The number of methoxy groups -OCH3 is 1. The maximum atomic E-state index is 10.9. The molecular weight excluding hydrogens is 198 g/mol. The van der Waals surface area contributed by atoms with E-state index in [1.807, 2.05) is 0 Å². The Bertz CT molecular complexity index is 364. The number of hydrogen-bond donors (Lipinski definition) is 3. The molecule has 0 saturated heterocycles. The molecule has 82 valence electrons. The Morgan fingerprint density at radius 3 is 2.80 bits per heavy atom. The summed E-state index contributed by atoms with van der Waals surface area (Å²) in [4.78, 5) is 10.9. The van der Waals surface area contributed by atoms with Gasteiger partial charge in [0.2, 0.25) is 0 Å². The zero-order valence-electron chi connectivity index (χ0n) is 8.30. The van der Waals surface area contributed by atoms with Gasteiger partial charge >= 0.3 is 5.97 Å². The van der Waals surface area contributed by atoms with Crippen molar-refractivity contribution in [1.82, 2.24) is 0 Å². The topological polar surface area (TPSA) is 92.8 Å². The summed E-state index contributed by atoms with van der Waals surface area (Å²) in [6, 6.07) is 3.29. The van der Waals surface area contributed by atoms with Crippen molar-refractivity contribution in [3.8, 4) is 11.5 Å². The lowest BCUT2D eigenvalue weighted by molar-refractivity contribution is -0.141. The van der Waals surface area contributed by atoms with Crippen molar-refractivity contribution in [3.05, 3.63) is 23.8 Å². The number of carbonyl (C=O) groups is 1. The summed E-state index contributed by atoms with van der Waals surface area (Å²) in [5.41, 5.74) is 5.99. The first-order valence-corrected chi connectivity index (χ1v) is 4.39. The molecule has 0 radical (unpaired) electrons. The Balaban J connectivity index is 2.85. The molecule has 1 aromatic rings. The minimum Gasteiger partial charge on any atom is -0.508 e. The van der Waals surface area contributed by atoms with Gasteiger partial charge < -0.3 is 20.7 Å². The van der Waals surface area contributed by atoms with E-state index in [4.69, 9.17) is 5.73 Å². The predicted octanol–water partition coefficient (Wildman–Crippen LogP) is 0.661. The van der Waals surface area contributed by atoms with Gasteiger partial charge in [-0.2, -0.15) is 0 Å². The largest absolute Gasteiger partial charge is 0.508 e. The second-order valence-corrected chi connectivity index (χ2v) is 3.13. The predicted molar refractivity (Wildman–Crippen MR) is 53.3 cm³/mol. The Kier molecular flexibility index (Phi) is 3.51. The van der Waals surface area contributed by atoms with Gasteiger partial charge in [0.05, 0.1) is 13.5 Å². The molecule has 0 unspecified atom stereocenters. The standard InChI is InChI=1S/C10H13NO4/c1-15-10(14)5-8(11)7-4-6(12)2-3-9(7)13/h2-4,8,12-13H,5,11H2,1H3/t8-/m0/s1. The van der Waals surface area contributed by atoms with Crippen LogP contribution in [0.2, 0.25) is 0 Å². The zero-order chi connectivity index (χ0) is 11.4. The molecule has 0 aromatic heterocycles. The van der Waals surface area contributed by atoms with E-state index in [1.54, 1.807) is 0 Å². The number of hydrogen-bond acceptors (Lipinski definition) is 5. The zero-order valence-corrected chi connectivity index (χ0v) is 8.30. The number of phenols is 2. The number of esters is 1. The van der Waals surface area contributed by atoms with E-state index in [1.165, 1.54) is 25.3 Å². The Labute approximate surface area is 87.1 Å². The van der Waals surface area contributed by atoms with Crippen LogP contribution in [0.25, 0.3) is 0 Å². The molecule has 15 heavy (non-hydrogen) atoms. The average molecular weight is 211 g/mol. The van der Waals surface area contributed by atoms with Crippen LogP contribution >= 0.6 is 0 Å². The van der Waals surface area contributed by atoms with Crippen molar-refractivity contribution in [1.29, 1.82) is 0 Å². The van der Waals surface area contributed by atoms with Crippen LogP contribution in [0.3, 0.4) is 0 Å². The molecule has 5 heteroatoms. The lowest BCUT2D eigenvalue weighted by Gasteiger charge is -2.12. The molecule has 0 spiro atoms. The van der Waals surface area contributed by atoms with Crippen LogP contribution in [0.4, 0.5) is 0 Å². The van der Waals surface area contributed by atoms with E-state index in [-0.39, 0.29) is 17.9 Å². The summed E-state index contributed by atoms with van der Waals surface area (Å²) in [6.07, 6.45) is -0.0481. The molecule has 4 N–H and O–H groups in total. The quantitative estimate of drug-likeness (QED) is 0.504. The molecule has 0 amide bonds. The molecule has 0 aliphatic carbocycles. The van der Waals surface area contributed by atoms with Crippen LogP contribution in [-0.2, 0) is 9.53 Å². The fourth-order valence-corrected chi connectivity index (χ4v) is 1.21. The monoisotopic (exact) mass is 211 g/mol. The van der Waals surface area contributed by atoms with Gasteiger partial charge in [-0.3, -0.25) is 4.79 Å². The minimum atomic E-state index is -0.690. The molecular formula is C10H13NO4. The third-order valence-electron chi connectivity index (χ3n) is 2.02. The van der Waals surface area contributed by atoms with Crippen molar-refractivity contribution < 1.29 is 19.7 Å². The fraction of sp³-hybridized carbons (Fsp3) is 0.300. The Morgan fingerprint density at radius 2 is 2.20 bits per heavy atom. The molecule has 0 heterocycles. The van der Waals surface area contributed by atoms with Gasteiger partial charge in [-0.25, -0.2) is 0 Å². The Morgan fingerprint density at radius 1 is 1.53 bits per heavy atom. The summed E-state index contributed by atoms with van der Waals surface area (Å²) in [6.45, 7) is 0. The van der Waals surface area contributed by atoms with Crippen LogP contribution in [0.15, 0.2) is 18.2 Å². The van der Waals surface area contributed by atoms with Crippen molar-refractivity contribution >= 4 is 5.97 Å². The van der Waals surface area contributed by atoms with Crippen LogP contribution in [0.1, 0.15) is 18.0 Å². The van der Waals surface area contributed by atoms with Crippen LogP contribution in [0.5, 0.6) is 11.5 Å². The van der Waals surface area contributed by atoms with Gasteiger partial charge in [-0.05, 0) is 18.2 Å². The van der Waals surface area contributed by atoms with E-state index in [0.717, 1.165) is 0 Å². The van der Waals surface area contributed by atoms with Crippen LogP contribution in [0, 0.1) is 0 Å². The molecule has 0 fully saturated rings. The molecule has 1 rings (SSSR count). The van der Waals surface area contributed by atoms with Gasteiger partial charge in [0.15, 0.2) is 0 Å². The third kappa shape index (κ3) is 2.85. The third-order valence-corrected chi connectivity index (χ3v) is 2.02. The highest BCUT2D eigenvalue weighted by molar-refractivity contribution is 5.70. The molecule has 1 atom stereocenters. The van der Waals surface area contributed by atoms with Crippen molar-refractivity contribution in [2.45, 2.75) is 12.5 Å². The smallest absolute Gasteiger partial charge is 0.307 e. The number of rotatable bonds is 3. The Hall–Kier alpha value is -1.75. The maximum Gasteiger partial charge on any atom is 0.307 e. The normalized spacial score (nSPS) is 12.1. The van der Waals surface area contributed by atoms with Gasteiger partial charge in [-0.1, -0.05) is 0 Å². The van der Waals surface area contributed by atoms with E-state index >= 15 is 0 Å². The average Bonchev–Trinajstić information content (AvgIpc) is 2.21. The molecule has 0 aliphatic rings. The number of carbonyl (C=O) groups excluding carboxylic acids is 1. The van der Waals surface area contributed by atoms with Gasteiger partial charge in [0.1, 0.15) is 11.5 Å². The van der Waals surface area contributed by atoms with Gasteiger partial charge in [0.25, 0.3) is 0 Å². The van der Waals surface area contributed by atoms with Crippen molar-refractivity contribution in [3.63, 3.8) is 0 Å². The number of aromatic hydroxyl groups is 2. The highest BCUT2D eigenvalue weighted by Gasteiger charge is 2.15. The summed E-state index contributed by atoms with van der Waals surface area (Å²) in [5.74, 6) is -0.530. The minimum absolute atomic E-state index is 0.0110. The lowest BCUT2D eigenvalue weighted by atomic mass is 10.0. The summed E-state index contributed by atoms with van der Waals surface area (Å²) >= 11 is 0. The lowest BCUT2D eigenvalue weighted by Crippen LogP contribution is -2.16. The second kappa shape index (κ2) is 4.65. The molecule has 0 bridgehead atoms. The second-order valence-electron chi connectivity index (χ2n) is 3.13. The first-order valence-electron chi connectivity index (χ1n) is 4.39. The van der Waals surface area contributed by atoms with E-state index in [9.17, 15) is 15.0 Å². The first-order chi connectivity index (χ1) is 7.04. The fourth-order valence-electron chi connectivity index (χ4n) is 1.21. The first kappa shape index (κ1) is 11.3. The number of benzene rings is 1. The number of ether oxygens (including phenoxy) is 1. The highest BCUT2D eigenvalue weighted by atomic mass is 16.5. The number of nitrogens with two attached hydrogens (primary N) is 1. The summed E-state index contributed by atoms with van der Waals surface area (Å²) in [7, 11) is 1.26. The van der Waals surface area contributed by atoms with Crippen LogP contribution in [-0.4, -0.2) is 23.3 Å². The van der Waals surface area contributed by atoms with Gasteiger partial charge in [-0.15, -0.1) is 0 Å². The molecule has 5 nitrogen and oxygen atoms in total. The molecule has 0 saturated carbocycles. The highest BCUT2D eigenvalue weighted by Crippen LogP contribution is 2.28. The molecule has 0 aliphatic heterocycles. The summed E-state index contributed by atoms with van der Waals surface area (Å²) < 4.78 is 4.45. The van der Waals surface area contributed by atoms with Crippen LogP contribution < -0.4 is 5.73 Å². The maximum absolute atomic E-state index is 10.9. The van der Waals surface area contributed by atoms with Gasteiger partial charge in [0, 0.05) is 11.6 Å². The molecule has 1 aromatic carbocycles. The SMILES string of the molecule is COC(=O)C[C@H](N)c1cc(O)ccc1O.